The SMILES string of the molecule is CCOc1ccc(S(=O)(=O)N2CC[NH+](Cc3cc(OC)ccc3OC)CC2)cc1. The van der Waals surface area contributed by atoms with Crippen LogP contribution < -0.4 is 19.1 Å². The van der Waals surface area contributed by atoms with Crippen molar-refractivity contribution in [1.29, 1.82) is 0 Å². The number of piperazine rings is 1. The van der Waals surface area contributed by atoms with Gasteiger partial charge < -0.3 is 19.1 Å². The molecule has 2 aromatic carbocycles. The number of ether oxygens (including phenoxy) is 3. The van der Waals surface area contributed by atoms with Gasteiger partial charge in [-0.2, -0.15) is 4.31 Å². The van der Waals surface area contributed by atoms with E-state index in [1.807, 2.05) is 25.1 Å². The minimum Gasteiger partial charge on any atom is -0.497 e. The van der Waals surface area contributed by atoms with E-state index in [1.165, 1.54) is 4.90 Å². The lowest BCUT2D eigenvalue weighted by atomic mass is 10.1. The molecule has 158 valence electrons. The van der Waals surface area contributed by atoms with Crippen LogP contribution in [0.1, 0.15) is 12.5 Å². The average molecular weight is 422 g/mol. The van der Waals surface area contributed by atoms with Crippen molar-refractivity contribution in [2.24, 2.45) is 0 Å². The van der Waals surface area contributed by atoms with Crippen LogP contribution in [0.3, 0.4) is 0 Å². The van der Waals surface area contributed by atoms with E-state index in [0.29, 0.717) is 30.3 Å². The van der Waals surface area contributed by atoms with Gasteiger partial charge in [-0.1, -0.05) is 0 Å². The number of methoxy groups -OCH3 is 2. The first kappa shape index (κ1) is 21.4. The van der Waals surface area contributed by atoms with Gasteiger partial charge in [-0.25, -0.2) is 8.42 Å². The number of benzene rings is 2. The molecule has 0 atom stereocenters. The van der Waals surface area contributed by atoms with Crippen molar-refractivity contribution in [3.05, 3.63) is 48.0 Å². The summed E-state index contributed by atoms with van der Waals surface area (Å²) in [5, 5.41) is 0. The number of nitrogens with zero attached hydrogens (tertiary/aromatic N) is 1. The van der Waals surface area contributed by atoms with Crippen LogP contribution >= 0.6 is 0 Å². The van der Waals surface area contributed by atoms with Gasteiger partial charge >= 0.3 is 0 Å². The molecule has 0 spiro atoms. The second-order valence-corrected chi connectivity index (χ2v) is 8.85. The van der Waals surface area contributed by atoms with E-state index >= 15 is 0 Å². The Kier molecular flexibility index (Phi) is 7.00. The summed E-state index contributed by atoms with van der Waals surface area (Å²) in [6.07, 6.45) is 0. The molecular formula is C21H29N2O5S+. The summed E-state index contributed by atoms with van der Waals surface area (Å²) in [4.78, 5) is 1.62. The van der Waals surface area contributed by atoms with Crippen molar-refractivity contribution in [3.63, 3.8) is 0 Å². The highest BCUT2D eigenvalue weighted by Crippen LogP contribution is 2.23. The lowest BCUT2D eigenvalue weighted by Gasteiger charge is -2.31. The molecule has 29 heavy (non-hydrogen) atoms. The van der Waals surface area contributed by atoms with Crippen LogP contribution in [0.4, 0.5) is 0 Å². The van der Waals surface area contributed by atoms with E-state index in [4.69, 9.17) is 14.2 Å². The van der Waals surface area contributed by atoms with Crippen LogP contribution in [-0.2, 0) is 16.6 Å². The van der Waals surface area contributed by atoms with Crippen LogP contribution in [0.15, 0.2) is 47.4 Å². The lowest BCUT2D eigenvalue weighted by Crippen LogP contribution is -3.13. The molecule has 0 aromatic heterocycles. The van der Waals surface area contributed by atoms with Gasteiger partial charge in [0.15, 0.2) is 0 Å². The molecule has 1 N–H and O–H groups in total. The molecule has 3 rings (SSSR count). The summed E-state index contributed by atoms with van der Waals surface area (Å²) in [6.45, 7) is 5.64. The number of nitrogens with one attached hydrogen (secondary N) is 1. The maximum absolute atomic E-state index is 12.9. The third kappa shape index (κ3) is 5.01. The molecule has 1 aliphatic heterocycles. The lowest BCUT2D eigenvalue weighted by molar-refractivity contribution is -0.917. The number of hydrogen-bond acceptors (Lipinski definition) is 5. The number of hydrogen-bond donors (Lipinski definition) is 1. The van der Waals surface area contributed by atoms with E-state index in [0.717, 1.165) is 36.7 Å². The molecule has 0 aliphatic carbocycles. The Morgan fingerprint density at radius 2 is 1.62 bits per heavy atom. The smallest absolute Gasteiger partial charge is 0.243 e. The van der Waals surface area contributed by atoms with Gasteiger partial charge in [-0.15, -0.1) is 0 Å². The third-order valence-electron chi connectivity index (χ3n) is 5.13. The predicted molar refractivity (Wildman–Crippen MR) is 110 cm³/mol. The van der Waals surface area contributed by atoms with Crippen molar-refractivity contribution >= 4 is 10.0 Å². The normalized spacial score (nSPS) is 15.8. The van der Waals surface area contributed by atoms with Crippen molar-refractivity contribution in [3.8, 4) is 17.2 Å². The number of rotatable bonds is 8. The van der Waals surface area contributed by atoms with Gasteiger partial charge in [-0.3, -0.25) is 0 Å². The largest absolute Gasteiger partial charge is 0.497 e. The molecule has 1 saturated heterocycles. The summed E-state index contributed by atoms with van der Waals surface area (Å²) in [5.41, 5.74) is 1.06. The molecule has 7 nitrogen and oxygen atoms in total. The van der Waals surface area contributed by atoms with E-state index < -0.39 is 10.0 Å². The quantitative estimate of drug-likeness (QED) is 0.694. The summed E-state index contributed by atoms with van der Waals surface area (Å²) >= 11 is 0. The van der Waals surface area contributed by atoms with E-state index in [-0.39, 0.29) is 0 Å². The van der Waals surface area contributed by atoms with E-state index in [1.54, 1.807) is 42.8 Å². The van der Waals surface area contributed by atoms with Crippen molar-refractivity contribution in [1.82, 2.24) is 4.31 Å². The molecule has 2 aromatic rings. The van der Waals surface area contributed by atoms with Gasteiger partial charge in [-0.05, 0) is 49.4 Å². The molecule has 1 aliphatic rings. The topological polar surface area (TPSA) is 69.5 Å². The standard InChI is InChI=1S/C21H28N2O5S/c1-4-28-18-5-8-20(9-6-18)29(24,25)23-13-11-22(12-14-23)16-17-15-19(26-2)7-10-21(17)27-3/h5-10,15H,4,11-14,16H2,1-3H3/p+1. The first-order valence-corrected chi connectivity index (χ1v) is 11.2. The zero-order valence-electron chi connectivity index (χ0n) is 17.2. The molecule has 0 radical (unpaired) electrons. The Morgan fingerprint density at radius 3 is 2.21 bits per heavy atom. The average Bonchev–Trinajstić information content (AvgIpc) is 2.74. The minimum atomic E-state index is -3.49. The predicted octanol–water partition coefficient (Wildman–Crippen LogP) is 1.19. The fourth-order valence-corrected chi connectivity index (χ4v) is 4.97. The van der Waals surface area contributed by atoms with Crippen LogP contribution in [0.25, 0.3) is 0 Å². The Balaban J connectivity index is 1.64. The Bertz CT molecular complexity index is 907. The molecule has 0 amide bonds. The van der Waals surface area contributed by atoms with E-state index in [2.05, 4.69) is 0 Å². The highest BCUT2D eigenvalue weighted by Gasteiger charge is 2.30. The minimum absolute atomic E-state index is 0.305. The second kappa shape index (κ2) is 9.47. The fourth-order valence-electron chi connectivity index (χ4n) is 3.53. The van der Waals surface area contributed by atoms with Crippen LogP contribution in [0, 0.1) is 0 Å². The molecule has 8 heteroatoms. The fraction of sp³-hybridized carbons (Fsp3) is 0.429. The summed E-state index contributed by atoms with van der Waals surface area (Å²) in [7, 11) is -0.197. The van der Waals surface area contributed by atoms with Crippen molar-refractivity contribution in [2.75, 3.05) is 47.0 Å². The molecule has 0 bridgehead atoms. The van der Waals surface area contributed by atoms with Crippen molar-refractivity contribution < 1.29 is 27.5 Å². The maximum atomic E-state index is 12.9. The zero-order valence-corrected chi connectivity index (χ0v) is 18.0. The maximum Gasteiger partial charge on any atom is 0.243 e. The Morgan fingerprint density at radius 1 is 0.966 bits per heavy atom. The van der Waals surface area contributed by atoms with Crippen LogP contribution in [-0.4, -0.2) is 59.7 Å². The summed E-state index contributed by atoms with van der Waals surface area (Å²) in [5.74, 6) is 2.28. The van der Waals surface area contributed by atoms with Crippen LogP contribution in [0.2, 0.25) is 0 Å². The highest BCUT2D eigenvalue weighted by molar-refractivity contribution is 7.89. The monoisotopic (exact) mass is 421 g/mol. The summed E-state index contributed by atoms with van der Waals surface area (Å²) in [6, 6.07) is 12.4. The van der Waals surface area contributed by atoms with Crippen LogP contribution in [0.5, 0.6) is 17.2 Å². The Hall–Kier alpha value is -2.29. The molecule has 0 saturated carbocycles. The van der Waals surface area contributed by atoms with Gasteiger partial charge in [0.2, 0.25) is 10.0 Å². The summed E-state index contributed by atoms with van der Waals surface area (Å²) < 4.78 is 43.6. The Labute approximate surface area is 172 Å². The third-order valence-corrected chi connectivity index (χ3v) is 7.04. The molecular weight excluding hydrogens is 392 g/mol. The van der Waals surface area contributed by atoms with E-state index in [9.17, 15) is 8.42 Å². The number of quaternary nitrogens is 1. The zero-order chi connectivity index (χ0) is 20.9. The molecule has 0 unspecified atom stereocenters. The number of sulfonamides is 1. The van der Waals surface area contributed by atoms with Crippen molar-refractivity contribution in [2.45, 2.75) is 18.4 Å². The highest BCUT2D eigenvalue weighted by atomic mass is 32.2. The van der Waals surface area contributed by atoms with Gasteiger partial charge in [0.1, 0.15) is 23.8 Å². The van der Waals surface area contributed by atoms with Gasteiger partial charge in [0.05, 0.1) is 57.5 Å². The molecule has 1 heterocycles. The first-order chi connectivity index (χ1) is 14.0. The van der Waals surface area contributed by atoms with Gasteiger partial charge in [0.25, 0.3) is 0 Å². The first-order valence-electron chi connectivity index (χ1n) is 9.75. The second-order valence-electron chi connectivity index (χ2n) is 6.91. The van der Waals surface area contributed by atoms with Gasteiger partial charge in [0, 0.05) is 0 Å². The molecule has 1 fully saturated rings.